The Morgan fingerprint density at radius 2 is 1.57 bits per heavy atom. The van der Waals surface area contributed by atoms with Crippen molar-refractivity contribution in [3.05, 3.63) is 59.7 Å². The van der Waals surface area contributed by atoms with Crippen molar-refractivity contribution in [2.75, 3.05) is 19.0 Å². The van der Waals surface area contributed by atoms with E-state index in [2.05, 4.69) is 20.8 Å². The summed E-state index contributed by atoms with van der Waals surface area (Å²) in [6.45, 7) is 7.60. The monoisotopic (exact) mass is 398 g/mol. The lowest BCUT2D eigenvalue weighted by atomic mass is 10.1. The zero-order valence-corrected chi connectivity index (χ0v) is 17.9. The summed E-state index contributed by atoms with van der Waals surface area (Å²) in [4.78, 5) is 13.7. The number of rotatable bonds is 12. The van der Waals surface area contributed by atoms with E-state index in [-0.39, 0.29) is 5.78 Å². The highest BCUT2D eigenvalue weighted by Crippen LogP contribution is 2.29. The van der Waals surface area contributed by atoms with Gasteiger partial charge in [-0.15, -0.1) is 11.8 Å². The van der Waals surface area contributed by atoms with Crippen LogP contribution in [-0.2, 0) is 0 Å². The van der Waals surface area contributed by atoms with Crippen LogP contribution in [0.4, 0.5) is 0 Å². The first-order valence-corrected chi connectivity index (χ1v) is 11.0. The van der Waals surface area contributed by atoms with Gasteiger partial charge in [-0.3, -0.25) is 4.79 Å². The highest BCUT2D eigenvalue weighted by Gasteiger charge is 2.07. The lowest BCUT2D eigenvalue weighted by Gasteiger charge is -2.12. The number of carbonyl (C=O) groups is 1. The quantitative estimate of drug-likeness (QED) is 0.227. The maximum Gasteiger partial charge on any atom is 0.185 e. The Balaban J connectivity index is 2.07. The van der Waals surface area contributed by atoms with Crippen LogP contribution < -0.4 is 9.47 Å². The number of ketones is 1. The standard InChI is InChI=1S/C24H30O3S/c1-4-15-26-23-14-8-19(18-24(23)27-16-5-2)7-13-22(25)20-9-11-21(12-10-20)28-17-6-3/h7-14,18H,4-6,15-17H2,1-3H3/b13-7+. The third-order valence-corrected chi connectivity index (χ3v) is 5.15. The van der Waals surface area contributed by atoms with Gasteiger partial charge in [0.25, 0.3) is 0 Å². The van der Waals surface area contributed by atoms with Crippen molar-refractivity contribution < 1.29 is 14.3 Å². The molecular weight excluding hydrogens is 368 g/mol. The fourth-order valence-corrected chi connectivity index (χ4v) is 3.26. The zero-order valence-electron chi connectivity index (χ0n) is 17.1. The van der Waals surface area contributed by atoms with E-state index in [0.717, 1.165) is 42.1 Å². The van der Waals surface area contributed by atoms with Crippen molar-refractivity contribution in [2.24, 2.45) is 0 Å². The molecule has 3 nitrogen and oxygen atoms in total. The molecule has 0 bridgehead atoms. The largest absolute Gasteiger partial charge is 0.490 e. The minimum Gasteiger partial charge on any atom is -0.490 e. The van der Waals surface area contributed by atoms with E-state index in [0.29, 0.717) is 18.8 Å². The summed E-state index contributed by atoms with van der Waals surface area (Å²) in [5, 5.41) is 0. The molecule has 0 fully saturated rings. The molecule has 2 aromatic carbocycles. The Morgan fingerprint density at radius 1 is 0.893 bits per heavy atom. The van der Waals surface area contributed by atoms with Gasteiger partial charge in [0.1, 0.15) is 0 Å². The van der Waals surface area contributed by atoms with E-state index in [1.165, 1.54) is 4.90 Å². The third-order valence-electron chi connectivity index (χ3n) is 3.93. The van der Waals surface area contributed by atoms with Gasteiger partial charge < -0.3 is 9.47 Å². The molecule has 0 aliphatic heterocycles. The van der Waals surface area contributed by atoms with Crippen molar-refractivity contribution in [1.29, 1.82) is 0 Å². The minimum atomic E-state index is -0.00521. The Kier molecular flexibility index (Phi) is 9.70. The zero-order chi connectivity index (χ0) is 20.2. The first-order chi connectivity index (χ1) is 13.7. The molecule has 0 radical (unpaired) electrons. The Morgan fingerprint density at radius 3 is 2.21 bits per heavy atom. The van der Waals surface area contributed by atoms with Crippen molar-refractivity contribution in [3.8, 4) is 11.5 Å². The van der Waals surface area contributed by atoms with Gasteiger partial charge in [-0.1, -0.05) is 32.9 Å². The molecule has 0 unspecified atom stereocenters. The van der Waals surface area contributed by atoms with Crippen LogP contribution in [-0.4, -0.2) is 24.7 Å². The molecule has 0 saturated carbocycles. The van der Waals surface area contributed by atoms with E-state index in [4.69, 9.17) is 9.47 Å². The second-order valence-electron chi connectivity index (χ2n) is 6.47. The third kappa shape index (κ3) is 7.08. The highest BCUT2D eigenvalue weighted by atomic mass is 32.2. The van der Waals surface area contributed by atoms with E-state index in [9.17, 15) is 4.79 Å². The van der Waals surface area contributed by atoms with Crippen LogP contribution >= 0.6 is 11.8 Å². The van der Waals surface area contributed by atoms with E-state index in [1.54, 1.807) is 6.08 Å². The molecule has 0 aromatic heterocycles. The van der Waals surface area contributed by atoms with Crippen molar-refractivity contribution >= 4 is 23.6 Å². The second kappa shape index (κ2) is 12.3. The summed E-state index contributed by atoms with van der Waals surface area (Å²) < 4.78 is 11.6. The van der Waals surface area contributed by atoms with Crippen LogP contribution in [0.1, 0.15) is 56.0 Å². The van der Waals surface area contributed by atoms with Gasteiger partial charge in [-0.05, 0) is 73.1 Å². The average molecular weight is 399 g/mol. The van der Waals surface area contributed by atoms with Crippen molar-refractivity contribution in [3.63, 3.8) is 0 Å². The molecule has 0 aliphatic carbocycles. The summed E-state index contributed by atoms with van der Waals surface area (Å²) in [7, 11) is 0. The Hall–Kier alpha value is -2.20. The van der Waals surface area contributed by atoms with Gasteiger partial charge in [-0.25, -0.2) is 0 Å². The first-order valence-electron chi connectivity index (χ1n) is 10.0. The van der Waals surface area contributed by atoms with Crippen LogP contribution in [0.2, 0.25) is 0 Å². The molecule has 4 heteroatoms. The minimum absolute atomic E-state index is 0.00521. The number of hydrogen-bond acceptors (Lipinski definition) is 4. The van der Waals surface area contributed by atoms with E-state index in [1.807, 2.05) is 60.3 Å². The Bertz CT molecular complexity index is 766. The van der Waals surface area contributed by atoms with Crippen LogP contribution in [0, 0.1) is 0 Å². The van der Waals surface area contributed by atoms with Gasteiger partial charge in [0.2, 0.25) is 0 Å². The van der Waals surface area contributed by atoms with Gasteiger partial charge in [-0.2, -0.15) is 0 Å². The maximum atomic E-state index is 12.5. The van der Waals surface area contributed by atoms with Crippen LogP contribution in [0.15, 0.2) is 53.4 Å². The average Bonchev–Trinajstić information content (AvgIpc) is 2.74. The molecular formula is C24H30O3S. The SMILES string of the molecule is CCCOc1ccc(/C=C/C(=O)c2ccc(SCCC)cc2)cc1OCCC. The molecule has 0 saturated heterocycles. The molecule has 0 spiro atoms. The summed E-state index contributed by atoms with van der Waals surface area (Å²) in [5.41, 5.74) is 1.61. The van der Waals surface area contributed by atoms with Crippen LogP contribution in [0.25, 0.3) is 6.08 Å². The fourth-order valence-electron chi connectivity index (χ4n) is 2.49. The number of carbonyl (C=O) groups excluding carboxylic acids is 1. The number of benzene rings is 2. The molecule has 2 rings (SSSR count). The maximum absolute atomic E-state index is 12.5. The molecule has 0 aliphatic rings. The van der Waals surface area contributed by atoms with Crippen LogP contribution in [0.5, 0.6) is 11.5 Å². The summed E-state index contributed by atoms with van der Waals surface area (Å²) >= 11 is 1.81. The normalized spacial score (nSPS) is 11.0. The Labute approximate surface area is 173 Å². The van der Waals surface area contributed by atoms with Gasteiger partial charge in [0, 0.05) is 10.5 Å². The molecule has 2 aromatic rings. The lowest BCUT2D eigenvalue weighted by Crippen LogP contribution is -2.01. The molecule has 0 amide bonds. The van der Waals surface area contributed by atoms with Crippen molar-refractivity contribution in [1.82, 2.24) is 0 Å². The number of hydrogen-bond donors (Lipinski definition) is 0. The summed E-state index contributed by atoms with van der Waals surface area (Å²) in [5.74, 6) is 2.56. The first kappa shape index (κ1) is 22.1. The number of ether oxygens (including phenoxy) is 2. The van der Waals surface area contributed by atoms with E-state index >= 15 is 0 Å². The summed E-state index contributed by atoms with van der Waals surface area (Å²) in [6, 6.07) is 13.6. The van der Waals surface area contributed by atoms with Crippen molar-refractivity contribution in [2.45, 2.75) is 44.9 Å². The molecule has 0 N–H and O–H groups in total. The molecule has 0 atom stereocenters. The fraction of sp³-hybridized carbons (Fsp3) is 0.375. The summed E-state index contributed by atoms with van der Waals surface area (Å²) in [6.07, 6.45) is 6.45. The van der Waals surface area contributed by atoms with Crippen LogP contribution in [0.3, 0.4) is 0 Å². The second-order valence-corrected chi connectivity index (χ2v) is 7.64. The molecule has 150 valence electrons. The topological polar surface area (TPSA) is 35.5 Å². The molecule has 28 heavy (non-hydrogen) atoms. The number of thioether (sulfide) groups is 1. The highest BCUT2D eigenvalue weighted by molar-refractivity contribution is 7.99. The predicted octanol–water partition coefficient (Wildman–Crippen LogP) is 6.66. The van der Waals surface area contributed by atoms with Gasteiger partial charge >= 0.3 is 0 Å². The predicted molar refractivity (Wildman–Crippen MR) is 119 cm³/mol. The van der Waals surface area contributed by atoms with E-state index < -0.39 is 0 Å². The molecule has 0 heterocycles. The lowest BCUT2D eigenvalue weighted by molar-refractivity contribution is 0.104. The smallest absolute Gasteiger partial charge is 0.185 e. The van der Waals surface area contributed by atoms with Gasteiger partial charge in [0.15, 0.2) is 17.3 Å². The number of allylic oxidation sites excluding steroid dienone is 1. The van der Waals surface area contributed by atoms with Gasteiger partial charge in [0.05, 0.1) is 13.2 Å².